The second kappa shape index (κ2) is 65.5. The molecule has 0 radical (unpaired) electrons. The summed E-state index contributed by atoms with van der Waals surface area (Å²) in [6.07, 6.45) is -3.19. The number of hydrogen-bond acceptors (Lipinski definition) is 31. The minimum atomic E-state index is -1.94. The van der Waals surface area contributed by atoms with E-state index < -0.39 is 304 Å². The molecule has 18 amide bonds. The summed E-state index contributed by atoms with van der Waals surface area (Å²) in [7, 11) is 4.83. The number of guanidine groups is 5. The number of nitrogens with two attached hydrogens (primary N) is 6. The highest BCUT2D eigenvalue weighted by Gasteiger charge is 2.43. The number of benzene rings is 1. The second-order valence-corrected chi connectivity index (χ2v) is 43.3. The summed E-state index contributed by atoms with van der Waals surface area (Å²) in [6.45, 7) is 9.83. The summed E-state index contributed by atoms with van der Waals surface area (Å²) >= 11 is 0. The molecule has 4 heterocycles. The first kappa shape index (κ1) is 124. The number of aliphatic hydroxyl groups is 1. The van der Waals surface area contributed by atoms with Gasteiger partial charge < -0.3 is 162 Å². The number of aliphatic hydroxyl groups excluding tert-OH is 1. The Labute approximate surface area is 864 Å². The van der Waals surface area contributed by atoms with Crippen LogP contribution in [0.15, 0.2) is 30.3 Å². The summed E-state index contributed by atoms with van der Waals surface area (Å²) in [5.41, 5.74) is 34.6. The molecule has 0 saturated carbocycles. The Morgan fingerprint density at radius 1 is 0.331 bits per heavy atom. The zero-order valence-electron chi connectivity index (χ0n) is 82.2. The predicted molar refractivity (Wildman–Crippen MR) is 555 cm³/mol. The normalized spacial score (nSPS) is 26.1. The lowest BCUT2D eigenvalue weighted by molar-refractivity contribution is -0.137. The van der Waals surface area contributed by atoms with Crippen molar-refractivity contribution in [3.8, 4) is 0 Å². The van der Waals surface area contributed by atoms with Crippen LogP contribution >= 0.6 is 64.8 Å². The predicted octanol–water partition coefficient (Wildman–Crippen LogP) is -8.64. The van der Waals surface area contributed by atoms with Gasteiger partial charge in [0.2, 0.25) is 106 Å². The van der Waals surface area contributed by atoms with Crippen LogP contribution in [-0.2, 0) is 92.7 Å². The molecular formula is C86H146N34O19S6. The number of rotatable bonds is 32. The number of fused-ring (bicyclic) bond motifs is 15. The molecule has 4 aliphatic rings. The standard InChI is InChI=1S/C86H146N34O19S6/c1-8-44(6)63-80(138)117-60-41-145-141-37-56(115-72(130)54(34-46-19-10-9-11-20-46)104-61(122)35-103-65(123)47(22-14-28-98-82(88)89)110-81(139)64(45(7)121)120-78(60)136)74(132)108-51(25-17-31-101-85(94)95)68(126)112-57-38-142-144-40-59(77(135)119-63)113-69(127)52(26-18-32-102-86(96)97)109-75(133)58-39-143-140-36-55(114-71(129)53(33-42(2)3)111-76(57)134)73(131)107-50(24-16-30-100-84(92)93)67(125)106-49(23-15-29-99-83(90)91)66(124)105-48(21-12-13-27-87)70(128)118-62(43(4)5)79(137)116-58/h9-11,19-20,42-45,47-60,62-64,121H,8,12-18,21-41,87H2,1-7H3,(H,103,123)(H,104,122)(H,105,124)(H,106,125)(H,107,131)(H,108,132)(H,109,133)(H,110,139)(H,111,134)(H,112,126)(H,113,127)(H,114,129)(H,115,130)(H,116,137)(H,117,138)(H,118,128)(H,119,135)(H,120,136)(H4,88,89,98)(H4,90,91,99)(H4,92,93,100)(H4,94,95,101)(H4,96,97,102)/t44-,45+,47-,48-,49-,50-,51-,52-,53-,54-,55-,56-,57-,58-,59-,60-,62-,63-,64-/m0/s1. The van der Waals surface area contributed by atoms with Crippen LogP contribution in [0.4, 0.5) is 0 Å². The van der Waals surface area contributed by atoms with E-state index in [9.17, 15) is 29.1 Å². The Kier molecular flexibility index (Phi) is 55.8. The summed E-state index contributed by atoms with van der Waals surface area (Å²) in [5, 5.41) is 112. The monoisotopic (exact) mass is 2150 g/mol. The molecule has 4 fully saturated rings. The third kappa shape index (κ3) is 46.1. The Balaban J connectivity index is 1.89. The first-order chi connectivity index (χ1) is 68.8. The number of unbranched alkanes of at least 4 members (excludes halogenated alkanes) is 1. The van der Waals surface area contributed by atoms with E-state index in [1.54, 1.807) is 71.9 Å². The molecule has 41 N–H and O–H groups in total. The van der Waals surface area contributed by atoms with Gasteiger partial charge in [0.05, 0.1) is 12.6 Å². The zero-order chi connectivity index (χ0) is 108. The van der Waals surface area contributed by atoms with Gasteiger partial charge in [-0.25, -0.2) is 0 Å². The third-order valence-corrected chi connectivity index (χ3v) is 30.2. The van der Waals surface area contributed by atoms with Gasteiger partial charge in [0.1, 0.15) is 103 Å². The Hall–Kier alpha value is -11.9. The molecule has 145 heavy (non-hydrogen) atoms. The number of amides is 18. The van der Waals surface area contributed by atoms with Crippen molar-refractivity contribution < 1.29 is 91.4 Å². The Bertz CT molecular complexity index is 4600. The molecule has 0 spiro atoms. The van der Waals surface area contributed by atoms with Crippen molar-refractivity contribution in [1.29, 1.82) is 27.0 Å². The lowest BCUT2D eigenvalue weighted by Crippen LogP contribution is -2.63. The number of nitrogens with one attached hydrogen (secondary N) is 28. The highest BCUT2D eigenvalue weighted by atomic mass is 33.1. The average molecular weight is 2150 g/mol. The minimum absolute atomic E-state index is 0.00157. The first-order valence-corrected chi connectivity index (χ1v) is 55.2. The SMILES string of the molecule is CC[C@H](C)[C@@H]1NC(=O)[C@@H]2CSSC[C@H](NC(=O)[C@H](CCCNC(=N)N)NC(=O)[C@@H]3CSSC[C@H](NC1=O)C(=O)N[C@@H]([C@@H](C)O)C(=O)N[C@@H](CCCNC(=N)N)C(=O)NCC(=O)N[C@@H](Cc1ccccc1)C(=O)N3)C(=O)N[C@@H](CC(C)C)C(=O)N[C@H]1CSSC[C@H](NC(=O)[C@H](C(C)C)NC(=O)[C@H](CCCCN)NC(=O)[C@H](CCCNC(=N)N)NC(=O)[C@H](CCCNC(=N)N)NC1=O)C(=O)N[C@@H](CCCNC(=N)N)C(=O)N2. The molecule has 6 bridgehead atoms. The summed E-state index contributed by atoms with van der Waals surface area (Å²) in [4.78, 5) is 274. The van der Waals surface area contributed by atoms with Gasteiger partial charge in [0.15, 0.2) is 29.8 Å². The molecule has 59 heteroatoms. The maximum atomic E-state index is 15.8. The van der Waals surface area contributed by atoms with Crippen LogP contribution in [0.25, 0.3) is 0 Å². The topological polar surface area (TPSA) is 880 Å². The first-order valence-electron chi connectivity index (χ1n) is 47.8. The van der Waals surface area contributed by atoms with Gasteiger partial charge in [-0.2, -0.15) is 0 Å². The van der Waals surface area contributed by atoms with Crippen molar-refractivity contribution in [2.24, 2.45) is 52.2 Å². The summed E-state index contributed by atoms with van der Waals surface area (Å²) in [5.74, 6) is -26.5. The Morgan fingerprint density at radius 3 is 0.931 bits per heavy atom. The van der Waals surface area contributed by atoms with E-state index in [-0.39, 0.29) is 136 Å². The fourth-order valence-electron chi connectivity index (χ4n) is 14.8. The van der Waals surface area contributed by atoms with E-state index in [0.29, 0.717) is 12.0 Å². The Morgan fingerprint density at radius 2 is 0.600 bits per heavy atom. The molecule has 19 atom stereocenters. The van der Waals surface area contributed by atoms with Gasteiger partial charge in [-0.3, -0.25) is 113 Å². The molecule has 5 rings (SSSR count). The summed E-state index contributed by atoms with van der Waals surface area (Å²) < 4.78 is 0. The average Bonchev–Trinajstić information content (AvgIpc) is 0.840. The second-order valence-electron chi connectivity index (χ2n) is 35.7. The molecule has 1 aromatic carbocycles. The van der Waals surface area contributed by atoms with Crippen molar-refractivity contribution in [2.75, 3.05) is 80.3 Å². The van der Waals surface area contributed by atoms with E-state index in [1.807, 2.05) is 0 Å². The fraction of sp³-hybridized carbons (Fsp3) is 0.663. The van der Waals surface area contributed by atoms with E-state index in [1.165, 1.54) is 0 Å². The molecule has 53 nitrogen and oxygen atoms in total. The van der Waals surface area contributed by atoms with Crippen molar-refractivity contribution in [3.05, 3.63) is 35.9 Å². The van der Waals surface area contributed by atoms with Crippen LogP contribution in [0, 0.1) is 44.8 Å². The highest BCUT2D eigenvalue weighted by Crippen LogP contribution is 2.29. The minimum Gasteiger partial charge on any atom is -0.391 e. The van der Waals surface area contributed by atoms with E-state index in [4.69, 9.17) is 61.4 Å². The largest absolute Gasteiger partial charge is 0.391 e. The van der Waals surface area contributed by atoms with Gasteiger partial charge >= 0.3 is 0 Å². The maximum Gasteiger partial charge on any atom is 0.245 e. The van der Waals surface area contributed by atoms with Crippen LogP contribution < -0.4 is 157 Å². The number of carbonyl (C=O) groups is 18. The zero-order valence-corrected chi connectivity index (χ0v) is 87.1. The van der Waals surface area contributed by atoms with Crippen LogP contribution in [0.5, 0.6) is 0 Å². The van der Waals surface area contributed by atoms with E-state index in [0.717, 1.165) is 71.7 Å². The smallest absolute Gasteiger partial charge is 0.245 e. The lowest BCUT2D eigenvalue weighted by Gasteiger charge is -2.31. The van der Waals surface area contributed by atoms with Crippen LogP contribution in [-0.4, -0.2) is 330 Å². The third-order valence-electron chi connectivity index (χ3n) is 22.9. The molecule has 0 aliphatic carbocycles. The van der Waals surface area contributed by atoms with Gasteiger partial charge in [0, 0.05) is 73.7 Å². The van der Waals surface area contributed by atoms with Crippen molar-refractivity contribution in [3.63, 3.8) is 0 Å². The molecule has 810 valence electrons. The van der Waals surface area contributed by atoms with Gasteiger partial charge in [0.25, 0.3) is 0 Å². The van der Waals surface area contributed by atoms with Gasteiger partial charge in [-0.15, -0.1) is 0 Å². The van der Waals surface area contributed by atoms with E-state index in [2.05, 4.69) is 122 Å². The van der Waals surface area contributed by atoms with Crippen molar-refractivity contribution >= 4 is 201 Å². The number of carbonyl (C=O) groups excluding carboxylic acids is 18. The van der Waals surface area contributed by atoms with Crippen LogP contribution in [0.1, 0.15) is 150 Å². The molecule has 1 aromatic rings. The molecule has 0 unspecified atom stereocenters. The maximum absolute atomic E-state index is 15.8. The summed E-state index contributed by atoms with van der Waals surface area (Å²) in [6, 6.07) is -20.5. The van der Waals surface area contributed by atoms with Gasteiger partial charge in [-0.05, 0) is 127 Å². The van der Waals surface area contributed by atoms with Gasteiger partial charge in [-0.1, -0.05) is 143 Å². The van der Waals surface area contributed by atoms with Crippen LogP contribution in [0.2, 0.25) is 0 Å². The molecular weight excluding hydrogens is 2010 g/mol. The quantitative estimate of drug-likeness (QED) is 0.0138. The molecule has 0 aromatic heterocycles. The van der Waals surface area contributed by atoms with Crippen LogP contribution in [0.3, 0.4) is 0 Å². The van der Waals surface area contributed by atoms with E-state index >= 15 is 62.3 Å². The molecule has 4 aliphatic heterocycles. The van der Waals surface area contributed by atoms with Crippen molar-refractivity contribution in [1.82, 2.24) is 122 Å². The highest BCUT2D eigenvalue weighted by molar-refractivity contribution is 8.77. The fourth-order valence-corrected chi connectivity index (χ4v) is 21.7. The van der Waals surface area contributed by atoms with Crippen molar-refractivity contribution in [2.45, 2.75) is 260 Å². The lowest BCUT2D eigenvalue weighted by atomic mass is 9.97. The number of hydrogen-bond donors (Lipinski definition) is 35. The molecule has 4 saturated heterocycles.